The number of anilines is 1. The molecule has 1 aromatic carbocycles. The highest BCUT2D eigenvalue weighted by atomic mass is 127. The third-order valence-corrected chi connectivity index (χ3v) is 4.62. The largest absolute Gasteiger partial charge is 0.377 e. The summed E-state index contributed by atoms with van der Waals surface area (Å²) < 4.78 is 7.40. The van der Waals surface area contributed by atoms with Crippen LogP contribution in [0, 0.1) is 3.57 Å². The van der Waals surface area contributed by atoms with E-state index < -0.39 is 0 Å². The zero-order chi connectivity index (χ0) is 13.5. The molecular weight excluding hydrogens is 411 g/mol. The fourth-order valence-electron chi connectivity index (χ4n) is 1.44. The molecule has 0 heterocycles. The van der Waals surface area contributed by atoms with Gasteiger partial charge in [-0.15, -0.1) is 0 Å². The molecule has 6 heteroatoms. The minimum Gasteiger partial charge on any atom is -0.377 e. The minimum atomic E-state index is -0.220. The number of halogens is 2. The van der Waals surface area contributed by atoms with E-state index in [1.54, 1.807) is 0 Å². The number of amides is 1. The number of hydrogen-bond acceptors (Lipinski definition) is 3. The number of nitrogens with two attached hydrogens (primary N) is 1. The Bertz CT molecular complexity index is 415. The second kappa shape index (κ2) is 8.08. The van der Waals surface area contributed by atoms with Crippen LogP contribution in [0.5, 0.6) is 0 Å². The minimum absolute atomic E-state index is 0.0907. The van der Waals surface area contributed by atoms with Crippen molar-refractivity contribution in [2.24, 2.45) is 5.73 Å². The van der Waals surface area contributed by atoms with Crippen molar-refractivity contribution in [1.82, 2.24) is 0 Å². The van der Waals surface area contributed by atoms with E-state index >= 15 is 0 Å². The Balaban J connectivity index is 2.55. The number of benzene rings is 1. The first-order valence-corrected chi connectivity index (χ1v) is 7.50. The fraction of sp³-hybridized carbons (Fsp3) is 0.417. The summed E-state index contributed by atoms with van der Waals surface area (Å²) in [6, 6.07) is 5.67. The van der Waals surface area contributed by atoms with Crippen molar-refractivity contribution < 1.29 is 9.53 Å². The van der Waals surface area contributed by atoms with Crippen LogP contribution < -0.4 is 11.1 Å². The Kier molecular flexibility index (Phi) is 7.13. The van der Waals surface area contributed by atoms with Crippen LogP contribution in [0.15, 0.2) is 22.7 Å². The van der Waals surface area contributed by atoms with Gasteiger partial charge in [0.25, 0.3) is 0 Å². The van der Waals surface area contributed by atoms with Gasteiger partial charge in [0.05, 0.1) is 12.5 Å². The number of carbonyl (C=O) groups is 1. The van der Waals surface area contributed by atoms with Crippen molar-refractivity contribution in [3.8, 4) is 0 Å². The van der Waals surface area contributed by atoms with Crippen LogP contribution in [0.2, 0.25) is 0 Å². The maximum atomic E-state index is 11.8. The molecule has 0 aliphatic carbocycles. The molecular formula is C12H16BrIN2O2. The van der Waals surface area contributed by atoms with Gasteiger partial charge in [-0.05, 0) is 63.6 Å². The van der Waals surface area contributed by atoms with Crippen LogP contribution in [-0.2, 0) is 9.53 Å². The summed E-state index contributed by atoms with van der Waals surface area (Å²) >= 11 is 5.64. The van der Waals surface area contributed by atoms with E-state index in [9.17, 15) is 4.79 Å². The lowest BCUT2D eigenvalue weighted by molar-refractivity contribution is -0.118. The molecule has 1 amide bonds. The molecule has 4 nitrogen and oxygen atoms in total. The first-order chi connectivity index (χ1) is 8.56. The molecule has 0 aliphatic heterocycles. The standard InChI is InChI=1S/C12H16BrIN2O2/c1-2-18-9(7-15)6-12(17)16-8-3-4-11(14)10(13)5-8/h3-5,9H,2,6-7,15H2,1H3,(H,16,17). The van der Waals surface area contributed by atoms with Gasteiger partial charge in [0.2, 0.25) is 5.91 Å². The van der Waals surface area contributed by atoms with Crippen LogP contribution >= 0.6 is 38.5 Å². The molecule has 0 spiro atoms. The van der Waals surface area contributed by atoms with E-state index in [2.05, 4.69) is 43.8 Å². The van der Waals surface area contributed by atoms with Crippen LogP contribution in [0.4, 0.5) is 5.69 Å². The van der Waals surface area contributed by atoms with Crippen molar-refractivity contribution in [3.63, 3.8) is 0 Å². The second-order valence-corrected chi connectivity index (χ2v) is 5.71. The molecule has 0 bridgehead atoms. The Labute approximate surface area is 129 Å². The van der Waals surface area contributed by atoms with E-state index in [0.29, 0.717) is 13.2 Å². The second-order valence-electron chi connectivity index (χ2n) is 3.69. The molecule has 0 fully saturated rings. The molecule has 1 aromatic rings. The predicted octanol–water partition coefficient (Wildman–Crippen LogP) is 2.75. The number of ether oxygens (including phenoxy) is 1. The van der Waals surface area contributed by atoms with Crippen molar-refractivity contribution in [2.75, 3.05) is 18.5 Å². The van der Waals surface area contributed by atoms with E-state index in [4.69, 9.17) is 10.5 Å². The summed E-state index contributed by atoms with van der Waals surface area (Å²) in [4.78, 5) is 11.8. The van der Waals surface area contributed by atoms with Crippen LogP contribution in [0.1, 0.15) is 13.3 Å². The van der Waals surface area contributed by atoms with E-state index in [-0.39, 0.29) is 18.4 Å². The average molecular weight is 427 g/mol. The summed E-state index contributed by atoms with van der Waals surface area (Å²) in [5.41, 5.74) is 6.29. The predicted molar refractivity (Wildman–Crippen MR) is 84.6 cm³/mol. The van der Waals surface area contributed by atoms with Gasteiger partial charge in [-0.3, -0.25) is 4.79 Å². The quantitative estimate of drug-likeness (QED) is 0.687. The normalized spacial score (nSPS) is 12.2. The van der Waals surface area contributed by atoms with E-state index in [1.807, 2.05) is 25.1 Å². The van der Waals surface area contributed by atoms with Crippen LogP contribution in [-0.4, -0.2) is 25.2 Å². The van der Waals surface area contributed by atoms with Crippen LogP contribution in [0.25, 0.3) is 0 Å². The summed E-state index contributed by atoms with van der Waals surface area (Å²) in [5.74, 6) is -0.0907. The smallest absolute Gasteiger partial charge is 0.227 e. The van der Waals surface area contributed by atoms with Gasteiger partial charge in [-0.2, -0.15) is 0 Å². The Morgan fingerprint density at radius 3 is 2.89 bits per heavy atom. The molecule has 0 radical (unpaired) electrons. The Morgan fingerprint density at radius 2 is 2.33 bits per heavy atom. The topological polar surface area (TPSA) is 64.3 Å². The van der Waals surface area contributed by atoms with Crippen molar-refractivity contribution in [2.45, 2.75) is 19.4 Å². The molecule has 1 rings (SSSR count). The summed E-state index contributed by atoms with van der Waals surface area (Å²) in [6.45, 7) is 2.79. The number of carbonyl (C=O) groups excluding carboxylic acids is 1. The Hall–Kier alpha value is -0.180. The van der Waals surface area contributed by atoms with Crippen molar-refractivity contribution >= 4 is 50.1 Å². The average Bonchev–Trinajstić information content (AvgIpc) is 2.33. The number of nitrogens with one attached hydrogen (secondary N) is 1. The van der Waals surface area contributed by atoms with Gasteiger partial charge >= 0.3 is 0 Å². The molecule has 18 heavy (non-hydrogen) atoms. The highest BCUT2D eigenvalue weighted by Crippen LogP contribution is 2.23. The van der Waals surface area contributed by atoms with Gasteiger partial charge in [0.15, 0.2) is 0 Å². The third-order valence-electron chi connectivity index (χ3n) is 2.28. The van der Waals surface area contributed by atoms with E-state index in [1.165, 1.54) is 0 Å². The van der Waals surface area contributed by atoms with Gasteiger partial charge in [-0.1, -0.05) is 0 Å². The lowest BCUT2D eigenvalue weighted by atomic mass is 10.2. The van der Waals surface area contributed by atoms with Crippen molar-refractivity contribution in [3.05, 3.63) is 26.2 Å². The third kappa shape index (κ3) is 5.21. The summed E-state index contributed by atoms with van der Waals surface area (Å²) in [7, 11) is 0. The summed E-state index contributed by atoms with van der Waals surface area (Å²) in [6.07, 6.45) is 0.0517. The lowest BCUT2D eigenvalue weighted by Crippen LogP contribution is -2.29. The van der Waals surface area contributed by atoms with Gasteiger partial charge < -0.3 is 15.8 Å². The molecule has 1 unspecified atom stereocenters. The summed E-state index contributed by atoms with van der Waals surface area (Å²) in [5, 5.41) is 2.83. The number of hydrogen-bond donors (Lipinski definition) is 2. The highest BCUT2D eigenvalue weighted by Gasteiger charge is 2.12. The molecule has 0 aromatic heterocycles. The maximum Gasteiger partial charge on any atom is 0.227 e. The molecule has 3 N–H and O–H groups in total. The molecule has 100 valence electrons. The first-order valence-electron chi connectivity index (χ1n) is 5.63. The van der Waals surface area contributed by atoms with Gasteiger partial charge in [0, 0.05) is 26.9 Å². The van der Waals surface area contributed by atoms with Gasteiger partial charge in [-0.25, -0.2) is 0 Å². The highest BCUT2D eigenvalue weighted by molar-refractivity contribution is 14.1. The van der Waals surface area contributed by atoms with Gasteiger partial charge in [0.1, 0.15) is 0 Å². The zero-order valence-electron chi connectivity index (χ0n) is 10.1. The first kappa shape index (κ1) is 15.9. The Morgan fingerprint density at radius 1 is 1.61 bits per heavy atom. The lowest BCUT2D eigenvalue weighted by Gasteiger charge is -2.14. The SMILES string of the molecule is CCOC(CN)CC(=O)Nc1ccc(I)c(Br)c1. The number of rotatable bonds is 6. The fourth-order valence-corrected chi connectivity index (χ4v) is 2.15. The maximum absolute atomic E-state index is 11.8. The van der Waals surface area contributed by atoms with Crippen LogP contribution in [0.3, 0.4) is 0 Å². The molecule has 0 aliphatic rings. The van der Waals surface area contributed by atoms with Crippen molar-refractivity contribution in [1.29, 1.82) is 0 Å². The van der Waals surface area contributed by atoms with E-state index in [0.717, 1.165) is 13.7 Å². The monoisotopic (exact) mass is 426 g/mol. The zero-order valence-corrected chi connectivity index (χ0v) is 13.8. The molecule has 0 saturated heterocycles. The molecule has 1 atom stereocenters. The molecule has 0 saturated carbocycles.